The molecule has 24 heavy (non-hydrogen) atoms. The Labute approximate surface area is 144 Å². The van der Waals surface area contributed by atoms with Gasteiger partial charge in [0.25, 0.3) is 0 Å². The van der Waals surface area contributed by atoms with Crippen LogP contribution in [0.5, 0.6) is 0 Å². The third kappa shape index (κ3) is 4.45. The first-order valence-electron chi connectivity index (χ1n) is 8.96. The van der Waals surface area contributed by atoms with Crippen molar-refractivity contribution in [3.63, 3.8) is 0 Å². The molecule has 1 aliphatic rings. The van der Waals surface area contributed by atoms with Gasteiger partial charge in [0.15, 0.2) is 0 Å². The Kier molecular flexibility index (Phi) is 5.68. The molecule has 6 heteroatoms. The molecule has 0 radical (unpaired) electrons. The summed E-state index contributed by atoms with van der Waals surface area (Å²) in [6.07, 6.45) is 9.27. The number of hydrogen-bond donors (Lipinski definition) is 1. The van der Waals surface area contributed by atoms with Crippen LogP contribution < -0.4 is 5.32 Å². The zero-order chi connectivity index (χ0) is 16.9. The van der Waals surface area contributed by atoms with Crippen LogP contribution in [0.4, 0.5) is 0 Å². The van der Waals surface area contributed by atoms with Crippen molar-refractivity contribution in [2.24, 2.45) is 0 Å². The molecule has 0 saturated carbocycles. The predicted octanol–water partition coefficient (Wildman–Crippen LogP) is 2.27. The molecule has 3 heterocycles. The molecular formula is C18H29N5O. The highest BCUT2D eigenvalue weighted by Crippen LogP contribution is 2.21. The maximum Gasteiger partial charge on any atom is 0.0669 e. The number of rotatable bonds is 7. The molecule has 2 aromatic rings. The summed E-state index contributed by atoms with van der Waals surface area (Å²) >= 11 is 0. The summed E-state index contributed by atoms with van der Waals surface area (Å²) in [5, 5.41) is 12.7. The number of aromatic nitrogens is 4. The molecule has 6 nitrogen and oxygen atoms in total. The normalized spacial score (nSPS) is 17.3. The van der Waals surface area contributed by atoms with E-state index in [2.05, 4.69) is 48.3 Å². The van der Waals surface area contributed by atoms with Crippen LogP contribution in [0.2, 0.25) is 0 Å². The van der Waals surface area contributed by atoms with Gasteiger partial charge in [0.1, 0.15) is 0 Å². The zero-order valence-corrected chi connectivity index (χ0v) is 15.0. The number of nitrogens with zero attached hydrogens (tertiary/aromatic N) is 4. The third-order valence-corrected chi connectivity index (χ3v) is 4.68. The fourth-order valence-electron chi connectivity index (χ4n) is 3.24. The Morgan fingerprint density at radius 2 is 2.08 bits per heavy atom. The summed E-state index contributed by atoms with van der Waals surface area (Å²) < 4.78 is 9.59. The molecule has 2 aromatic heterocycles. The van der Waals surface area contributed by atoms with Gasteiger partial charge in [-0.1, -0.05) is 0 Å². The standard InChI is InChI=1S/C18H29N5O/c1-14-11-20-22(12-14)7-6-19-16(3)10-18-15(2)13-23(21-18)17-4-8-24-9-5-17/h11-13,16-17,19H,4-10H2,1-3H3. The lowest BCUT2D eigenvalue weighted by Gasteiger charge is -2.22. The maximum absolute atomic E-state index is 5.45. The summed E-state index contributed by atoms with van der Waals surface area (Å²) in [4.78, 5) is 0. The van der Waals surface area contributed by atoms with Crippen molar-refractivity contribution in [1.82, 2.24) is 24.9 Å². The Bertz CT molecular complexity index is 642. The Hall–Kier alpha value is -1.66. The van der Waals surface area contributed by atoms with Gasteiger partial charge in [-0.25, -0.2) is 0 Å². The Morgan fingerprint density at radius 3 is 2.79 bits per heavy atom. The monoisotopic (exact) mass is 331 g/mol. The highest BCUT2D eigenvalue weighted by atomic mass is 16.5. The van der Waals surface area contributed by atoms with Gasteiger partial charge >= 0.3 is 0 Å². The van der Waals surface area contributed by atoms with E-state index < -0.39 is 0 Å². The van der Waals surface area contributed by atoms with E-state index in [4.69, 9.17) is 9.84 Å². The van der Waals surface area contributed by atoms with Gasteiger partial charge in [0, 0.05) is 44.6 Å². The van der Waals surface area contributed by atoms with E-state index in [1.165, 1.54) is 16.8 Å². The molecule has 1 fully saturated rings. The van der Waals surface area contributed by atoms with E-state index in [1.807, 2.05) is 10.9 Å². The smallest absolute Gasteiger partial charge is 0.0669 e. The fraction of sp³-hybridized carbons (Fsp3) is 0.667. The van der Waals surface area contributed by atoms with Crippen LogP contribution in [0.25, 0.3) is 0 Å². The molecule has 0 amide bonds. The maximum atomic E-state index is 5.45. The molecule has 132 valence electrons. The average molecular weight is 331 g/mol. The van der Waals surface area contributed by atoms with Crippen LogP contribution in [-0.4, -0.2) is 45.4 Å². The molecule has 0 aliphatic carbocycles. The second-order valence-corrected chi connectivity index (χ2v) is 6.92. The van der Waals surface area contributed by atoms with Gasteiger partial charge in [-0.15, -0.1) is 0 Å². The van der Waals surface area contributed by atoms with E-state index in [9.17, 15) is 0 Å². The minimum Gasteiger partial charge on any atom is -0.381 e. The van der Waals surface area contributed by atoms with Crippen molar-refractivity contribution in [3.8, 4) is 0 Å². The van der Waals surface area contributed by atoms with Crippen molar-refractivity contribution in [1.29, 1.82) is 0 Å². The van der Waals surface area contributed by atoms with Gasteiger partial charge in [0.05, 0.1) is 24.5 Å². The Balaban J connectivity index is 1.48. The summed E-state index contributed by atoms with van der Waals surface area (Å²) in [5.74, 6) is 0. The van der Waals surface area contributed by atoms with Gasteiger partial charge in [-0.3, -0.25) is 9.36 Å². The van der Waals surface area contributed by atoms with Crippen molar-refractivity contribution < 1.29 is 4.74 Å². The van der Waals surface area contributed by atoms with Crippen molar-refractivity contribution >= 4 is 0 Å². The topological polar surface area (TPSA) is 56.9 Å². The SMILES string of the molecule is Cc1cnn(CCNC(C)Cc2nn(C3CCOCC3)cc2C)c1. The minimum atomic E-state index is 0.401. The molecule has 0 aromatic carbocycles. The third-order valence-electron chi connectivity index (χ3n) is 4.68. The lowest BCUT2D eigenvalue weighted by molar-refractivity contribution is 0.0661. The fourth-order valence-corrected chi connectivity index (χ4v) is 3.24. The van der Waals surface area contributed by atoms with Crippen LogP contribution in [0.15, 0.2) is 18.6 Å². The van der Waals surface area contributed by atoms with Gasteiger partial charge in [-0.2, -0.15) is 10.2 Å². The summed E-state index contributed by atoms with van der Waals surface area (Å²) in [6.45, 7) is 9.97. The van der Waals surface area contributed by atoms with E-state index in [1.54, 1.807) is 0 Å². The van der Waals surface area contributed by atoms with E-state index in [0.717, 1.165) is 45.6 Å². The molecule has 1 saturated heterocycles. The van der Waals surface area contributed by atoms with Crippen LogP contribution in [0.3, 0.4) is 0 Å². The quantitative estimate of drug-likeness (QED) is 0.845. The minimum absolute atomic E-state index is 0.401. The number of nitrogens with one attached hydrogen (secondary N) is 1. The van der Waals surface area contributed by atoms with E-state index >= 15 is 0 Å². The van der Waals surface area contributed by atoms with Crippen molar-refractivity contribution in [2.75, 3.05) is 19.8 Å². The van der Waals surface area contributed by atoms with Gasteiger partial charge in [0.2, 0.25) is 0 Å². The lowest BCUT2D eigenvalue weighted by atomic mass is 10.1. The van der Waals surface area contributed by atoms with Crippen LogP contribution in [0.1, 0.15) is 42.6 Å². The predicted molar refractivity (Wildman–Crippen MR) is 94.2 cm³/mol. The van der Waals surface area contributed by atoms with E-state index in [-0.39, 0.29) is 0 Å². The van der Waals surface area contributed by atoms with Crippen molar-refractivity contribution in [3.05, 3.63) is 35.4 Å². The van der Waals surface area contributed by atoms with Gasteiger partial charge in [-0.05, 0) is 44.7 Å². The second-order valence-electron chi connectivity index (χ2n) is 6.92. The molecule has 1 atom stereocenters. The first-order valence-corrected chi connectivity index (χ1v) is 8.96. The molecule has 1 N–H and O–H groups in total. The van der Waals surface area contributed by atoms with Crippen LogP contribution in [0, 0.1) is 13.8 Å². The molecule has 0 spiro atoms. The largest absolute Gasteiger partial charge is 0.381 e. The summed E-state index contributed by atoms with van der Waals surface area (Å²) in [7, 11) is 0. The van der Waals surface area contributed by atoms with Crippen LogP contribution in [-0.2, 0) is 17.7 Å². The van der Waals surface area contributed by atoms with Crippen molar-refractivity contribution in [2.45, 2.75) is 58.7 Å². The zero-order valence-electron chi connectivity index (χ0n) is 15.0. The summed E-state index contributed by atoms with van der Waals surface area (Å²) in [5.41, 5.74) is 3.70. The second kappa shape index (κ2) is 7.94. The molecular weight excluding hydrogens is 302 g/mol. The first-order chi connectivity index (χ1) is 11.6. The summed E-state index contributed by atoms with van der Waals surface area (Å²) in [6, 6.07) is 0.899. The molecule has 1 unspecified atom stereocenters. The Morgan fingerprint density at radius 1 is 1.29 bits per heavy atom. The molecule has 1 aliphatic heterocycles. The highest BCUT2D eigenvalue weighted by molar-refractivity contribution is 5.16. The molecule has 0 bridgehead atoms. The van der Waals surface area contributed by atoms with Crippen LogP contribution >= 0.6 is 0 Å². The first kappa shape index (κ1) is 17.2. The average Bonchev–Trinajstić information content (AvgIpc) is 3.15. The lowest BCUT2D eigenvalue weighted by Crippen LogP contribution is -2.31. The highest BCUT2D eigenvalue weighted by Gasteiger charge is 2.18. The van der Waals surface area contributed by atoms with E-state index in [0.29, 0.717) is 12.1 Å². The number of ether oxygens (including phenoxy) is 1. The molecule has 3 rings (SSSR count). The number of hydrogen-bond acceptors (Lipinski definition) is 4. The van der Waals surface area contributed by atoms with Gasteiger partial charge < -0.3 is 10.1 Å². The number of aryl methyl sites for hydroxylation is 2.